The van der Waals surface area contributed by atoms with E-state index in [0.717, 1.165) is 16.9 Å². The standard InChI is InChI=1S/C18H15Cl2N5/c1-24(2)16-18(19,20)17-23-22-15(12-8-4-3-5-9-12)25(17)14-11-7-6-10-13(14)21-16/h3-11H,1-2H3. The Balaban J connectivity index is 2.07. The van der Waals surface area contributed by atoms with Gasteiger partial charge in [-0.3, -0.25) is 4.57 Å². The molecule has 0 fully saturated rings. The number of alkyl halides is 2. The summed E-state index contributed by atoms with van der Waals surface area (Å²) in [5, 5.41) is 8.69. The first-order valence-corrected chi connectivity index (χ1v) is 8.51. The number of rotatable bonds is 1. The van der Waals surface area contributed by atoms with Crippen LogP contribution in [0.15, 0.2) is 59.6 Å². The minimum Gasteiger partial charge on any atom is -0.363 e. The van der Waals surface area contributed by atoms with E-state index in [1.165, 1.54) is 0 Å². The van der Waals surface area contributed by atoms with Crippen LogP contribution in [0.5, 0.6) is 0 Å². The minimum atomic E-state index is -1.43. The smallest absolute Gasteiger partial charge is 0.234 e. The van der Waals surface area contributed by atoms with Crippen LogP contribution in [-0.2, 0) is 4.33 Å². The fourth-order valence-electron chi connectivity index (χ4n) is 2.90. The number of amidine groups is 1. The van der Waals surface area contributed by atoms with Gasteiger partial charge < -0.3 is 4.90 Å². The van der Waals surface area contributed by atoms with E-state index in [1.54, 1.807) is 4.90 Å². The van der Waals surface area contributed by atoms with Crippen molar-refractivity contribution < 1.29 is 0 Å². The molecule has 0 N–H and O–H groups in total. The van der Waals surface area contributed by atoms with Crippen LogP contribution >= 0.6 is 23.2 Å². The van der Waals surface area contributed by atoms with E-state index in [1.807, 2.05) is 73.3 Å². The Kier molecular flexibility index (Phi) is 3.78. The maximum absolute atomic E-state index is 6.73. The molecule has 0 amide bonds. The van der Waals surface area contributed by atoms with Crippen molar-refractivity contribution in [2.45, 2.75) is 4.33 Å². The van der Waals surface area contributed by atoms with Gasteiger partial charge in [0.15, 0.2) is 11.6 Å². The van der Waals surface area contributed by atoms with Crippen molar-refractivity contribution in [3.05, 3.63) is 60.4 Å². The number of hydrogen-bond acceptors (Lipinski definition) is 4. The van der Waals surface area contributed by atoms with Crippen molar-refractivity contribution in [1.29, 1.82) is 0 Å². The molecule has 7 heteroatoms. The monoisotopic (exact) mass is 371 g/mol. The van der Waals surface area contributed by atoms with E-state index in [9.17, 15) is 0 Å². The number of aromatic nitrogens is 3. The number of fused-ring (bicyclic) bond motifs is 3. The number of hydrogen-bond donors (Lipinski definition) is 0. The zero-order valence-corrected chi connectivity index (χ0v) is 15.2. The molecule has 0 unspecified atom stereocenters. The summed E-state index contributed by atoms with van der Waals surface area (Å²) >= 11 is 13.5. The number of halogens is 2. The maximum atomic E-state index is 6.73. The van der Waals surface area contributed by atoms with Crippen molar-refractivity contribution in [1.82, 2.24) is 19.7 Å². The summed E-state index contributed by atoms with van der Waals surface area (Å²) in [7, 11) is 3.70. The largest absolute Gasteiger partial charge is 0.363 e. The van der Waals surface area contributed by atoms with Crippen molar-refractivity contribution >= 4 is 34.7 Å². The molecule has 25 heavy (non-hydrogen) atoms. The molecular weight excluding hydrogens is 357 g/mol. The van der Waals surface area contributed by atoms with Gasteiger partial charge in [0.05, 0.1) is 11.4 Å². The molecule has 0 aliphatic carbocycles. The molecule has 4 rings (SSSR count). The Morgan fingerprint density at radius 3 is 2.32 bits per heavy atom. The zero-order valence-electron chi connectivity index (χ0n) is 13.7. The predicted octanol–water partition coefficient (Wildman–Crippen LogP) is 4.17. The fourth-order valence-corrected chi connectivity index (χ4v) is 3.57. The van der Waals surface area contributed by atoms with Crippen LogP contribution in [0.4, 0.5) is 5.69 Å². The van der Waals surface area contributed by atoms with Crippen LogP contribution in [-0.4, -0.2) is 39.6 Å². The molecule has 0 saturated carbocycles. The summed E-state index contributed by atoms with van der Waals surface area (Å²) in [5.74, 6) is 1.59. The van der Waals surface area contributed by atoms with Crippen LogP contribution < -0.4 is 0 Å². The number of nitrogens with zero attached hydrogens (tertiary/aromatic N) is 5. The van der Waals surface area contributed by atoms with E-state index in [-0.39, 0.29) is 0 Å². The lowest BCUT2D eigenvalue weighted by Gasteiger charge is -2.24. The molecule has 2 aromatic carbocycles. The third-order valence-electron chi connectivity index (χ3n) is 4.03. The van der Waals surface area contributed by atoms with Gasteiger partial charge in [-0.05, 0) is 12.1 Å². The third kappa shape index (κ3) is 2.51. The van der Waals surface area contributed by atoms with Crippen LogP contribution in [0, 0.1) is 0 Å². The highest BCUT2D eigenvalue weighted by Gasteiger charge is 2.43. The van der Waals surface area contributed by atoms with Gasteiger partial charge in [-0.15, -0.1) is 10.2 Å². The lowest BCUT2D eigenvalue weighted by atomic mass is 10.2. The molecule has 0 bridgehead atoms. The SMILES string of the molecule is CN(C)C1=Nc2ccccc2-n2c(-c3ccccc3)nnc2C1(Cl)Cl. The van der Waals surface area contributed by atoms with E-state index in [4.69, 9.17) is 28.2 Å². The molecule has 1 aromatic heterocycles. The van der Waals surface area contributed by atoms with Gasteiger partial charge in [-0.25, -0.2) is 4.99 Å². The molecule has 0 radical (unpaired) electrons. The summed E-state index contributed by atoms with van der Waals surface area (Å²) in [6, 6.07) is 17.6. The van der Waals surface area contributed by atoms with Gasteiger partial charge in [0.1, 0.15) is 5.84 Å². The van der Waals surface area contributed by atoms with E-state index >= 15 is 0 Å². The second-order valence-corrected chi connectivity index (χ2v) is 7.27. The van der Waals surface area contributed by atoms with E-state index in [0.29, 0.717) is 17.5 Å². The van der Waals surface area contributed by atoms with Crippen LogP contribution in [0.3, 0.4) is 0 Å². The Hall–Kier alpha value is -2.37. The van der Waals surface area contributed by atoms with E-state index in [2.05, 4.69) is 10.2 Å². The zero-order chi connectivity index (χ0) is 17.6. The summed E-state index contributed by atoms with van der Waals surface area (Å²) < 4.78 is 0.452. The quantitative estimate of drug-likeness (QED) is 0.603. The molecule has 5 nitrogen and oxygen atoms in total. The van der Waals surface area contributed by atoms with Gasteiger partial charge >= 0.3 is 0 Å². The second kappa shape index (κ2) is 5.86. The van der Waals surface area contributed by atoms with Gasteiger partial charge in [0.2, 0.25) is 4.33 Å². The maximum Gasteiger partial charge on any atom is 0.234 e. The molecule has 0 atom stereocenters. The van der Waals surface area contributed by atoms with Crippen molar-refractivity contribution in [2.75, 3.05) is 14.1 Å². The van der Waals surface area contributed by atoms with Crippen molar-refractivity contribution in [3.8, 4) is 17.1 Å². The van der Waals surface area contributed by atoms with Crippen molar-refractivity contribution in [3.63, 3.8) is 0 Å². The van der Waals surface area contributed by atoms with Gasteiger partial charge in [0, 0.05) is 19.7 Å². The lowest BCUT2D eigenvalue weighted by Crippen LogP contribution is -2.37. The molecule has 126 valence electrons. The Bertz CT molecular complexity index is 961. The number of para-hydroxylation sites is 2. The summed E-state index contributed by atoms with van der Waals surface area (Å²) in [5.41, 5.74) is 2.52. The molecule has 1 aliphatic heterocycles. The average molecular weight is 372 g/mol. The third-order valence-corrected chi connectivity index (χ3v) is 4.71. The van der Waals surface area contributed by atoms with Gasteiger partial charge in [0.25, 0.3) is 0 Å². The lowest BCUT2D eigenvalue weighted by molar-refractivity contribution is 0.596. The van der Waals surface area contributed by atoms with Gasteiger partial charge in [-0.2, -0.15) is 0 Å². The van der Waals surface area contributed by atoms with Gasteiger partial charge in [-0.1, -0.05) is 65.7 Å². The molecular formula is C18H15Cl2N5. The highest BCUT2D eigenvalue weighted by molar-refractivity contribution is 6.58. The highest BCUT2D eigenvalue weighted by Crippen LogP contribution is 2.43. The number of likely N-dealkylation sites (N-methyl/N-ethyl adjacent to an activating group) is 1. The Morgan fingerprint density at radius 1 is 0.920 bits per heavy atom. The molecule has 1 aliphatic rings. The Morgan fingerprint density at radius 2 is 1.60 bits per heavy atom. The summed E-state index contributed by atoms with van der Waals surface area (Å²) in [6.45, 7) is 0. The molecule has 2 heterocycles. The topological polar surface area (TPSA) is 46.3 Å². The van der Waals surface area contributed by atoms with Crippen LogP contribution in [0.2, 0.25) is 0 Å². The van der Waals surface area contributed by atoms with E-state index < -0.39 is 4.33 Å². The normalized spacial score (nSPS) is 15.0. The first kappa shape index (κ1) is 16.1. The number of benzene rings is 2. The van der Waals surface area contributed by atoms with Crippen LogP contribution in [0.1, 0.15) is 5.82 Å². The number of aliphatic imine (C=N–C) groups is 1. The Labute approximate surface area is 155 Å². The second-order valence-electron chi connectivity index (χ2n) is 5.94. The van der Waals surface area contributed by atoms with Crippen molar-refractivity contribution in [2.24, 2.45) is 4.99 Å². The van der Waals surface area contributed by atoms with Crippen LogP contribution in [0.25, 0.3) is 17.1 Å². The first-order valence-electron chi connectivity index (χ1n) is 7.75. The predicted molar refractivity (Wildman–Crippen MR) is 101 cm³/mol. The summed E-state index contributed by atoms with van der Waals surface area (Å²) in [4.78, 5) is 6.50. The molecule has 0 spiro atoms. The average Bonchev–Trinajstić information content (AvgIpc) is 3.02. The minimum absolute atomic E-state index is 0.423. The first-order chi connectivity index (χ1) is 12.0. The molecule has 0 saturated heterocycles. The highest BCUT2D eigenvalue weighted by atomic mass is 35.5. The molecule has 3 aromatic rings. The summed E-state index contributed by atoms with van der Waals surface area (Å²) in [6.07, 6.45) is 0. The fraction of sp³-hybridized carbons (Fsp3) is 0.167.